The highest BCUT2D eigenvalue weighted by atomic mass is 16.5. The van der Waals surface area contributed by atoms with Crippen molar-refractivity contribution < 1.29 is 19.2 Å². The Morgan fingerprint density at radius 2 is 1.64 bits per heavy atom. The summed E-state index contributed by atoms with van der Waals surface area (Å²) < 4.78 is 10.6. The highest BCUT2D eigenvalue weighted by Gasteiger charge is 2.13. The Morgan fingerprint density at radius 1 is 1.00 bits per heavy atom. The zero-order chi connectivity index (χ0) is 18.2. The molecule has 1 unspecified atom stereocenters. The molecule has 0 aliphatic carbocycles. The Kier molecular flexibility index (Phi) is 6.83. The van der Waals surface area contributed by atoms with E-state index in [0.29, 0.717) is 18.0 Å². The number of amides is 1. The van der Waals surface area contributed by atoms with Gasteiger partial charge >= 0.3 is 0 Å². The summed E-state index contributed by atoms with van der Waals surface area (Å²) in [6.45, 7) is 3.23. The van der Waals surface area contributed by atoms with Crippen LogP contribution in [0.5, 0.6) is 11.5 Å². The zero-order valence-corrected chi connectivity index (χ0v) is 15.4. The molecular weight excluding hydrogens is 316 g/mol. The molecule has 0 bridgehead atoms. The number of rotatable bonds is 8. The van der Waals surface area contributed by atoms with Crippen molar-refractivity contribution in [2.45, 2.75) is 19.9 Å². The summed E-state index contributed by atoms with van der Waals surface area (Å²) in [6.07, 6.45) is 0.992. The number of quaternary nitrogens is 1. The lowest BCUT2D eigenvalue weighted by atomic mass is 10.1. The summed E-state index contributed by atoms with van der Waals surface area (Å²) in [5.74, 6) is 1.41. The molecule has 5 heteroatoms. The maximum Gasteiger partial charge on any atom is 0.279 e. The Labute approximate surface area is 149 Å². The van der Waals surface area contributed by atoms with Crippen LogP contribution in [-0.4, -0.2) is 33.7 Å². The summed E-state index contributed by atoms with van der Waals surface area (Å²) in [5.41, 5.74) is 3.19. The van der Waals surface area contributed by atoms with Gasteiger partial charge in [-0.05, 0) is 42.3 Å². The number of hydrogen-bond acceptors (Lipinski definition) is 3. The molecule has 2 aromatic rings. The van der Waals surface area contributed by atoms with Crippen LogP contribution in [-0.2, 0) is 17.8 Å². The van der Waals surface area contributed by atoms with E-state index in [0.717, 1.165) is 29.1 Å². The quantitative estimate of drug-likeness (QED) is 0.770. The van der Waals surface area contributed by atoms with Crippen molar-refractivity contribution in [1.82, 2.24) is 0 Å². The third kappa shape index (κ3) is 5.50. The van der Waals surface area contributed by atoms with E-state index in [2.05, 4.69) is 12.2 Å². The number of aryl methyl sites for hydroxylation is 1. The number of methoxy groups -OCH3 is 2. The Morgan fingerprint density at radius 3 is 2.24 bits per heavy atom. The van der Waals surface area contributed by atoms with Crippen LogP contribution >= 0.6 is 0 Å². The summed E-state index contributed by atoms with van der Waals surface area (Å²) in [6, 6.07) is 13.8. The van der Waals surface area contributed by atoms with Crippen LogP contribution in [0.3, 0.4) is 0 Å². The van der Waals surface area contributed by atoms with Gasteiger partial charge in [-0.3, -0.25) is 4.79 Å². The van der Waals surface area contributed by atoms with Crippen molar-refractivity contribution >= 4 is 11.6 Å². The minimum Gasteiger partial charge on any atom is -0.493 e. The number of carbonyl (C=O) groups excluding carboxylic acids is 1. The first-order valence-electron chi connectivity index (χ1n) is 8.46. The van der Waals surface area contributed by atoms with Gasteiger partial charge in [-0.1, -0.05) is 19.1 Å². The number of anilines is 1. The smallest absolute Gasteiger partial charge is 0.279 e. The molecule has 0 saturated heterocycles. The van der Waals surface area contributed by atoms with E-state index in [-0.39, 0.29) is 5.91 Å². The highest BCUT2D eigenvalue weighted by Crippen LogP contribution is 2.27. The fraction of sp³-hybridized carbons (Fsp3) is 0.350. The number of carbonyl (C=O) groups is 1. The number of ether oxygens (including phenoxy) is 2. The molecule has 2 rings (SSSR count). The molecule has 2 aromatic carbocycles. The van der Waals surface area contributed by atoms with Gasteiger partial charge in [-0.2, -0.15) is 0 Å². The first-order chi connectivity index (χ1) is 12.0. The van der Waals surface area contributed by atoms with Crippen molar-refractivity contribution in [2.24, 2.45) is 0 Å². The fourth-order valence-electron chi connectivity index (χ4n) is 2.70. The molecular formula is C20H27N2O3+. The minimum atomic E-state index is 0.00206. The SMILES string of the molecule is CCc1ccc(NC(=O)C[NH+](C)Cc2ccc(OC)c(OC)c2)cc1. The van der Waals surface area contributed by atoms with E-state index in [1.54, 1.807) is 14.2 Å². The summed E-state index contributed by atoms with van der Waals surface area (Å²) >= 11 is 0. The molecule has 134 valence electrons. The van der Waals surface area contributed by atoms with Crippen LogP contribution in [0.15, 0.2) is 42.5 Å². The summed E-state index contributed by atoms with van der Waals surface area (Å²) in [4.78, 5) is 13.3. The standard InChI is InChI=1S/C20H26N2O3/c1-5-15-6-9-17(10-7-15)21-20(23)14-22(2)13-16-8-11-18(24-3)19(12-16)25-4/h6-12H,5,13-14H2,1-4H3,(H,21,23)/p+1. The van der Waals surface area contributed by atoms with Crippen LogP contribution in [0.1, 0.15) is 18.1 Å². The van der Waals surface area contributed by atoms with Crippen LogP contribution in [0.4, 0.5) is 5.69 Å². The highest BCUT2D eigenvalue weighted by molar-refractivity contribution is 5.91. The minimum absolute atomic E-state index is 0.00206. The van der Waals surface area contributed by atoms with Gasteiger partial charge in [0.25, 0.3) is 5.91 Å². The Hall–Kier alpha value is -2.53. The van der Waals surface area contributed by atoms with Gasteiger partial charge in [-0.15, -0.1) is 0 Å². The molecule has 0 radical (unpaired) electrons. The lowest BCUT2D eigenvalue weighted by molar-refractivity contribution is -0.885. The molecule has 0 aliphatic rings. The number of likely N-dealkylation sites (N-methyl/N-ethyl adjacent to an activating group) is 1. The molecule has 0 spiro atoms. The molecule has 0 aromatic heterocycles. The zero-order valence-electron chi connectivity index (χ0n) is 15.4. The molecule has 2 N–H and O–H groups in total. The van der Waals surface area contributed by atoms with Gasteiger partial charge in [0, 0.05) is 11.3 Å². The van der Waals surface area contributed by atoms with Crippen LogP contribution < -0.4 is 19.7 Å². The number of nitrogens with one attached hydrogen (secondary N) is 2. The van der Waals surface area contributed by atoms with Gasteiger partial charge < -0.3 is 19.7 Å². The summed E-state index contributed by atoms with van der Waals surface area (Å²) in [5, 5.41) is 2.95. The fourth-order valence-corrected chi connectivity index (χ4v) is 2.70. The largest absolute Gasteiger partial charge is 0.493 e. The van der Waals surface area contributed by atoms with Crippen molar-refractivity contribution in [3.8, 4) is 11.5 Å². The number of benzene rings is 2. The van der Waals surface area contributed by atoms with E-state index in [4.69, 9.17) is 9.47 Å². The number of hydrogen-bond donors (Lipinski definition) is 2. The maximum atomic E-state index is 12.2. The predicted molar refractivity (Wildman–Crippen MR) is 99.5 cm³/mol. The van der Waals surface area contributed by atoms with Gasteiger partial charge in [0.2, 0.25) is 0 Å². The Bertz CT molecular complexity index is 699. The van der Waals surface area contributed by atoms with Crippen LogP contribution in [0, 0.1) is 0 Å². The van der Waals surface area contributed by atoms with Gasteiger partial charge in [0.05, 0.1) is 21.3 Å². The lowest BCUT2D eigenvalue weighted by Gasteiger charge is -2.15. The molecule has 0 heterocycles. The van der Waals surface area contributed by atoms with Crippen molar-refractivity contribution in [2.75, 3.05) is 33.1 Å². The molecule has 0 fully saturated rings. The third-order valence-electron chi connectivity index (χ3n) is 4.06. The normalized spacial score (nSPS) is 11.7. The maximum absolute atomic E-state index is 12.2. The van der Waals surface area contributed by atoms with Crippen molar-refractivity contribution in [3.63, 3.8) is 0 Å². The van der Waals surface area contributed by atoms with E-state index >= 15 is 0 Å². The van der Waals surface area contributed by atoms with Gasteiger partial charge in [0.1, 0.15) is 6.54 Å². The third-order valence-corrected chi connectivity index (χ3v) is 4.06. The first-order valence-corrected chi connectivity index (χ1v) is 8.46. The first kappa shape index (κ1) is 18.8. The van der Waals surface area contributed by atoms with E-state index in [1.165, 1.54) is 5.56 Å². The van der Waals surface area contributed by atoms with Crippen molar-refractivity contribution in [3.05, 3.63) is 53.6 Å². The summed E-state index contributed by atoms with van der Waals surface area (Å²) in [7, 11) is 5.23. The topological polar surface area (TPSA) is 52.0 Å². The molecule has 5 nitrogen and oxygen atoms in total. The second-order valence-corrected chi connectivity index (χ2v) is 6.10. The van der Waals surface area contributed by atoms with Crippen molar-refractivity contribution in [1.29, 1.82) is 0 Å². The van der Waals surface area contributed by atoms with E-state index in [9.17, 15) is 4.79 Å². The van der Waals surface area contributed by atoms with Gasteiger partial charge in [0.15, 0.2) is 18.0 Å². The second kappa shape index (κ2) is 9.08. The van der Waals surface area contributed by atoms with E-state index in [1.807, 2.05) is 49.5 Å². The molecule has 25 heavy (non-hydrogen) atoms. The molecule has 0 saturated carbocycles. The lowest BCUT2D eigenvalue weighted by Crippen LogP contribution is -3.08. The Balaban J connectivity index is 1.90. The molecule has 1 amide bonds. The van der Waals surface area contributed by atoms with E-state index < -0.39 is 0 Å². The molecule has 1 atom stereocenters. The predicted octanol–water partition coefficient (Wildman–Crippen LogP) is 1.92. The molecule has 0 aliphatic heterocycles. The average molecular weight is 343 g/mol. The van der Waals surface area contributed by atoms with Gasteiger partial charge in [-0.25, -0.2) is 0 Å². The van der Waals surface area contributed by atoms with Crippen LogP contribution in [0.2, 0.25) is 0 Å². The monoisotopic (exact) mass is 343 g/mol. The average Bonchev–Trinajstić information content (AvgIpc) is 2.62. The second-order valence-electron chi connectivity index (χ2n) is 6.10. The van der Waals surface area contributed by atoms with Crippen LogP contribution in [0.25, 0.3) is 0 Å².